The molecule has 17 heavy (non-hydrogen) atoms. The van der Waals surface area contributed by atoms with Crippen molar-refractivity contribution in [1.82, 2.24) is 4.98 Å². The zero-order valence-electron chi connectivity index (χ0n) is 8.79. The molecule has 0 bridgehead atoms. The molecule has 88 valence electrons. The van der Waals surface area contributed by atoms with E-state index in [-0.39, 0.29) is 0 Å². The van der Waals surface area contributed by atoms with Gasteiger partial charge in [0, 0.05) is 22.7 Å². The highest BCUT2D eigenvalue weighted by Crippen LogP contribution is 2.25. The van der Waals surface area contributed by atoms with Crippen LogP contribution in [-0.2, 0) is 4.79 Å². The summed E-state index contributed by atoms with van der Waals surface area (Å²) in [7, 11) is 0. The summed E-state index contributed by atoms with van der Waals surface area (Å²) in [5, 5.41) is 28.2. The number of aromatic amines is 1. The number of hydrogen-bond acceptors (Lipinski definition) is 3. The Kier molecular flexibility index (Phi) is 2.84. The predicted octanol–water partition coefficient (Wildman–Crippen LogP) is 1.73. The highest BCUT2D eigenvalue weighted by Gasteiger charge is 2.13. The molecule has 1 heterocycles. The van der Waals surface area contributed by atoms with Gasteiger partial charge in [0.1, 0.15) is 6.10 Å². The van der Waals surface area contributed by atoms with Gasteiger partial charge in [-0.15, -0.1) is 0 Å². The number of H-pyrrole nitrogens is 1. The van der Waals surface area contributed by atoms with E-state index in [1.54, 1.807) is 12.3 Å². The third-order valence-electron chi connectivity index (χ3n) is 2.47. The lowest BCUT2D eigenvalue weighted by atomic mass is 10.1. The van der Waals surface area contributed by atoms with Crippen LogP contribution in [0.5, 0.6) is 0 Å². The maximum atomic E-state index is 10.4. The van der Waals surface area contributed by atoms with E-state index in [0.29, 0.717) is 5.56 Å². The van der Waals surface area contributed by atoms with Crippen molar-refractivity contribution in [2.75, 3.05) is 0 Å². The molecule has 0 saturated heterocycles. The van der Waals surface area contributed by atoms with Crippen LogP contribution < -0.4 is 0 Å². The van der Waals surface area contributed by atoms with Gasteiger partial charge in [-0.3, -0.25) is 0 Å². The molecule has 0 aliphatic rings. The third-order valence-corrected chi connectivity index (χ3v) is 2.47. The summed E-state index contributed by atoms with van der Waals surface area (Å²) in [5.41, 5.74) is 1.36. The van der Waals surface area contributed by atoms with Crippen LogP contribution in [0.25, 0.3) is 10.9 Å². The lowest BCUT2D eigenvalue weighted by Crippen LogP contribution is -2.02. The third kappa shape index (κ3) is 2.14. The number of carboxylic acids is 1. The van der Waals surface area contributed by atoms with Gasteiger partial charge < -0.3 is 20.3 Å². The molecule has 0 aliphatic carbocycles. The molecule has 2 aromatic rings. The van der Waals surface area contributed by atoms with Crippen molar-refractivity contribution in [3.63, 3.8) is 0 Å². The molecule has 0 amide bonds. The number of benzene rings is 1. The SMILES string of the molecule is O=C(O)/C(O)=C/C(O)c1c[nH]c2ccccc12. The number of aliphatic hydroxyl groups excluding tert-OH is 2. The van der Waals surface area contributed by atoms with Crippen LogP contribution in [0.3, 0.4) is 0 Å². The van der Waals surface area contributed by atoms with E-state index in [9.17, 15) is 9.90 Å². The average molecular weight is 233 g/mol. The van der Waals surface area contributed by atoms with Crippen LogP contribution in [0.1, 0.15) is 11.7 Å². The van der Waals surface area contributed by atoms with Crippen LogP contribution in [0, 0.1) is 0 Å². The second-order valence-corrected chi connectivity index (χ2v) is 3.59. The van der Waals surface area contributed by atoms with Gasteiger partial charge in [0.2, 0.25) is 5.76 Å². The average Bonchev–Trinajstić information content (AvgIpc) is 2.72. The molecule has 5 heteroatoms. The highest BCUT2D eigenvalue weighted by atomic mass is 16.4. The number of carbonyl (C=O) groups is 1. The lowest BCUT2D eigenvalue weighted by Gasteiger charge is -2.04. The minimum Gasteiger partial charge on any atom is -0.502 e. The zero-order valence-corrected chi connectivity index (χ0v) is 8.79. The Morgan fingerprint density at radius 1 is 1.29 bits per heavy atom. The minimum atomic E-state index is -1.47. The van der Waals surface area contributed by atoms with Crippen LogP contribution in [-0.4, -0.2) is 26.3 Å². The normalized spacial score (nSPS) is 13.8. The first kappa shape index (κ1) is 11.2. The molecule has 0 spiro atoms. The van der Waals surface area contributed by atoms with Crippen LogP contribution in [0.15, 0.2) is 42.3 Å². The smallest absolute Gasteiger partial charge is 0.370 e. The molecule has 1 aromatic carbocycles. The Morgan fingerprint density at radius 3 is 2.71 bits per heavy atom. The molecule has 4 N–H and O–H groups in total. The molecular formula is C12H11NO4. The van der Waals surface area contributed by atoms with Crippen molar-refractivity contribution in [3.8, 4) is 0 Å². The van der Waals surface area contributed by atoms with Gasteiger partial charge in [0.25, 0.3) is 0 Å². The van der Waals surface area contributed by atoms with E-state index in [0.717, 1.165) is 17.0 Å². The van der Waals surface area contributed by atoms with Gasteiger partial charge >= 0.3 is 5.97 Å². The standard InChI is InChI=1S/C12H11NO4/c14-10(5-11(15)12(16)17)8-6-13-9-4-2-1-3-7(8)9/h1-6,10,13-15H,(H,16,17)/b11-5-. The number of rotatable bonds is 3. The summed E-state index contributed by atoms with van der Waals surface area (Å²) in [6.07, 6.45) is 1.31. The molecule has 0 radical (unpaired) electrons. The van der Waals surface area contributed by atoms with Crippen molar-refractivity contribution >= 4 is 16.9 Å². The quantitative estimate of drug-likeness (QED) is 0.479. The van der Waals surface area contributed by atoms with Crippen LogP contribution >= 0.6 is 0 Å². The van der Waals surface area contributed by atoms with Gasteiger partial charge in [-0.2, -0.15) is 0 Å². The topological polar surface area (TPSA) is 93.6 Å². The molecule has 1 aromatic heterocycles. The Morgan fingerprint density at radius 2 is 2.00 bits per heavy atom. The first-order chi connectivity index (χ1) is 8.09. The number of para-hydroxylation sites is 1. The van der Waals surface area contributed by atoms with E-state index in [1.165, 1.54) is 0 Å². The van der Waals surface area contributed by atoms with E-state index in [4.69, 9.17) is 10.2 Å². The first-order valence-electron chi connectivity index (χ1n) is 4.97. The number of aliphatic hydroxyl groups is 2. The second-order valence-electron chi connectivity index (χ2n) is 3.59. The molecule has 1 atom stereocenters. The minimum absolute atomic E-state index is 0.522. The molecule has 5 nitrogen and oxygen atoms in total. The highest BCUT2D eigenvalue weighted by molar-refractivity contribution is 5.85. The monoisotopic (exact) mass is 233 g/mol. The number of aliphatic carboxylic acids is 1. The van der Waals surface area contributed by atoms with E-state index in [2.05, 4.69) is 4.98 Å². The van der Waals surface area contributed by atoms with Crippen LogP contribution in [0.4, 0.5) is 0 Å². The number of hydrogen-bond donors (Lipinski definition) is 4. The first-order valence-corrected chi connectivity index (χ1v) is 4.97. The number of fused-ring (bicyclic) bond motifs is 1. The fourth-order valence-corrected chi connectivity index (χ4v) is 1.65. The second kappa shape index (κ2) is 4.31. The van der Waals surface area contributed by atoms with Gasteiger partial charge in [-0.05, 0) is 12.1 Å². The van der Waals surface area contributed by atoms with E-state index < -0.39 is 17.8 Å². The van der Waals surface area contributed by atoms with Gasteiger partial charge in [0.15, 0.2) is 0 Å². The molecular weight excluding hydrogens is 222 g/mol. The molecule has 0 aliphatic heterocycles. The fourth-order valence-electron chi connectivity index (χ4n) is 1.65. The van der Waals surface area contributed by atoms with Crippen molar-refractivity contribution in [2.24, 2.45) is 0 Å². The van der Waals surface area contributed by atoms with Gasteiger partial charge in [0.05, 0.1) is 0 Å². The molecule has 2 rings (SSSR count). The number of nitrogens with one attached hydrogen (secondary N) is 1. The molecule has 0 fully saturated rings. The number of carboxylic acid groups (broad SMARTS) is 1. The van der Waals surface area contributed by atoms with Gasteiger partial charge in [-0.1, -0.05) is 18.2 Å². The largest absolute Gasteiger partial charge is 0.502 e. The Labute approximate surface area is 96.6 Å². The summed E-state index contributed by atoms with van der Waals surface area (Å²) in [6.45, 7) is 0. The van der Waals surface area contributed by atoms with Crippen molar-refractivity contribution in [1.29, 1.82) is 0 Å². The summed E-state index contributed by atoms with van der Waals surface area (Å²) < 4.78 is 0. The van der Waals surface area contributed by atoms with E-state index in [1.807, 2.05) is 18.2 Å². The zero-order chi connectivity index (χ0) is 12.4. The molecule has 0 saturated carbocycles. The maximum absolute atomic E-state index is 10.4. The van der Waals surface area contributed by atoms with Gasteiger partial charge in [-0.25, -0.2) is 4.79 Å². The fraction of sp³-hybridized carbons (Fsp3) is 0.0833. The number of aromatic nitrogens is 1. The van der Waals surface area contributed by atoms with Crippen molar-refractivity contribution in [3.05, 3.63) is 47.9 Å². The Bertz CT molecular complexity index is 585. The Balaban J connectivity index is 2.40. The van der Waals surface area contributed by atoms with Crippen LogP contribution in [0.2, 0.25) is 0 Å². The Hall–Kier alpha value is -2.27. The lowest BCUT2D eigenvalue weighted by molar-refractivity contribution is -0.135. The summed E-state index contributed by atoms with van der Waals surface area (Å²) in [4.78, 5) is 13.4. The molecule has 1 unspecified atom stereocenters. The summed E-state index contributed by atoms with van der Waals surface area (Å²) in [6, 6.07) is 7.30. The van der Waals surface area contributed by atoms with Crippen molar-refractivity contribution < 1.29 is 20.1 Å². The maximum Gasteiger partial charge on any atom is 0.370 e. The predicted molar refractivity (Wildman–Crippen MR) is 61.6 cm³/mol. The van der Waals surface area contributed by atoms with E-state index >= 15 is 0 Å². The van der Waals surface area contributed by atoms with Crippen molar-refractivity contribution in [2.45, 2.75) is 6.10 Å². The summed E-state index contributed by atoms with van der Waals surface area (Å²) >= 11 is 0. The summed E-state index contributed by atoms with van der Waals surface area (Å²) in [5.74, 6) is -2.34.